The van der Waals surface area contributed by atoms with Gasteiger partial charge in [0.15, 0.2) is 0 Å². The van der Waals surface area contributed by atoms with E-state index in [2.05, 4.69) is 10.6 Å². The molecule has 2 aliphatic rings. The van der Waals surface area contributed by atoms with Crippen LogP contribution in [0.4, 0.5) is 9.80 Å². The van der Waals surface area contributed by atoms with Crippen LogP contribution in [0, 0.1) is 0 Å². The summed E-state index contributed by atoms with van der Waals surface area (Å²) < 4.78 is 11.0. The maximum atomic E-state index is 12.9. The zero-order valence-corrected chi connectivity index (χ0v) is 20.4. The molecule has 2 aliphatic carbocycles. The van der Waals surface area contributed by atoms with Gasteiger partial charge >= 0.3 is 12.0 Å². The number of carbonyl (C=O) groups is 2. The van der Waals surface area contributed by atoms with E-state index in [4.69, 9.17) is 9.15 Å². The summed E-state index contributed by atoms with van der Waals surface area (Å²) in [5, 5.41) is 6.58. The second-order valence-electron chi connectivity index (χ2n) is 8.44. The van der Waals surface area contributed by atoms with Gasteiger partial charge in [0.2, 0.25) is 0 Å². The Morgan fingerprint density at radius 2 is 1.76 bits per heavy atom. The van der Waals surface area contributed by atoms with Crippen LogP contribution in [0.1, 0.15) is 69.4 Å². The van der Waals surface area contributed by atoms with Crippen molar-refractivity contribution in [1.29, 1.82) is 0 Å². The van der Waals surface area contributed by atoms with Gasteiger partial charge in [-0.1, -0.05) is 0 Å². The maximum Gasteiger partial charge on any atom is 0.341 e. The van der Waals surface area contributed by atoms with Crippen molar-refractivity contribution in [2.45, 2.75) is 64.8 Å². The van der Waals surface area contributed by atoms with E-state index in [1.807, 2.05) is 12.1 Å². The van der Waals surface area contributed by atoms with Crippen molar-refractivity contribution in [3.05, 3.63) is 50.4 Å². The zero-order valence-electron chi connectivity index (χ0n) is 18.8. The molecule has 3 heterocycles. The molecule has 5 rings (SSSR count). The smallest absolute Gasteiger partial charge is 0.341 e. The van der Waals surface area contributed by atoms with Gasteiger partial charge in [-0.05, 0) is 87.1 Å². The predicted octanol–water partition coefficient (Wildman–Crippen LogP) is 6.33. The molecule has 0 radical (unpaired) electrons. The number of furan rings is 1. The van der Waals surface area contributed by atoms with Gasteiger partial charge in [-0.25, -0.2) is 9.59 Å². The summed E-state index contributed by atoms with van der Waals surface area (Å²) in [7, 11) is 0. The second-order valence-corrected chi connectivity index (χ2v) is 10.6. The highest BCUT2D eigenvalue weighted by Gasteiger charge is 2.28. The fourth-order valence-electron chi connectivity index (χ4n) is 4.81. The monoisotopic (exact) mass is 484 g/mol. The summed E-state index contributed by atoms with van der Waals surface area (Å²) in [4.78, 5) is 29.3. The molecule has 0 unspecified atom stereocenters. The van der Waals surface area contributed by atoms with E-state index >= 15 is 0 Å². The first kappa shape index (κ1) is 22.2. The zero-order chi connectivity index (χ0) is 22.8. The van der Waals surface area contributed by atoms with Crippen LogP contribution in [0.15, 0.2) is 22.8 Å². The number of amides is 2. The first-order valence-corrected chi connectivity index (χ1v) is 13.3. The van der Waals surface area contributed by atoms with Crippen LogP contribution >= 0.6 is 22.7 Å². The van der Waals surface area contributed by atoms with E-state index in [-0.39, 0.29) is 12.0 Å². The van der Waals surface area contributed by atoms with Crippen molar-refractivity contribution in [2.75, 3.05) is 11.9 Å². The molecule has 0 bridgehead atoms. The minimum absolute atomic E-state index is 0.305. The molecule has 0 saturated heterocycles. The van der Waals surface area contributed by atoms with Crippen LogP contribution in [0.3, 0.4) is 0 Å². The fourth-order valence-corrected chi connectivity index (χ4v) is 7.46. The summed E-state index contributed by atoms with van der Waals surface area (Å²) in [5.41, 5.74) is 4.09. The van der Waals surface area contributed by atoms with Gasteiger partial charge in [-0.3, -0.25) is 5.32 Å². The summed E-state index contributed by atoms with van der Waals surface area (Å²) in [5.74, 6) is 0.501. The average Bonchev–Trinajstić information content (AvgIpc) is 3.54. The van der Waals surface area contributed by atoms with Gasteiger partial charge in [-0.2, -0.15) is 0 Å². The Bertz CT molecular complexity index is 1160. The van der Waals surface area contributed by atoms with E-state index in [0.29, 0.717) is 23.7 Å². The van der Waals surface area contributed by atoms with E-state index in [0.717, 1.165) is 60.3 Å². The highest BCUT2D eigenvalue weighted by Crippen LogP contribution is 2.41. The Kier molecular flexibility index (Phi) is 6.55. The number of nitrogens with one attached hydrogen (secondary N) is 2. The van der Waals surface area contributed by atoms with Crippen molar-refractivity contribution in [2.24, 2.45) is 0 Å². The molecule has 2 amide bonds. The molecular weight excluding hydrogens is 456 g/mol. The predicted molar refractivity (Wildman–Crippen MR) is 131 cm³/mol. The molecule has 0 spiro atoms. The second kappa shape index (κ2) is 9.73. The van der Waals surface area contributed by atoms with Gasteiger partial charge in [0.25, 0.3) is 0 Å². The first-order valence-electron chi connectivity index (χ1n) is 11.7. The lowest BCUT2D eigenvalue weighted by molar-refractivity contribution is 0.0526. The Balaban J connectivity index is 1.36. The molecule has 3 aromatic heterocycles. The minimum Gasteiger partial charge on any atom is -0.464 e. The number of carbonyl (C=O) groups excluding carboxylic acids is 2. The third-order valence-corrected chi connectivity index (χ3v) is 8.89. The highest BCUT2D eigenvalue weighted by atomic mass is 32.1. The van der Waals surface area contributed by atoms with E-state index in [9.17, 15) is 9.59 Å². The number of anilines is 1. The number of aryl methyl sites for hydroxylation is 2. The quantitative estimate of drug-likeness (QED) is 0.401. The number of hydrogen-bond donors (Lipinski definition) is 2. The molecule has 6 nitrogen and oxygen atoms in total. The lowest BCUT2D eigenvalue weighted by atomic mass is 9.94. The number of ether oxygens (including phenoxy) is 1. The number of fused-ring (bicyclic) bond motifs is 2. The normalized spacial score (nSPS) is 14.9. The van der Waals surface area contributed by atoms with Crippen molar-refractivity contribution in [3.8, 4) is 10.6 Å². The Morgan fingerprint density at radius 3 is 2.48 bits per heavy atom. The summed E-state index contributed by atoms with van der Waals surface area (Å²) >= 11 is 3.29. The van der Waals surface area contributed by atoms with Crippen molar-refractivity contribution >= 4 is 39.7 Å². The Hall–Kier alpha value is -2.58. The van der Waals surface area contributed by atoms with Crippen LogP contribution in [0.5, 0.6) is 0 Å². The van der Waals surface area contributed by atoms with E-state index in [1.54, 1.807) is 24.5 Å². The molecule has 33 heavy (non-hydrogen) atoms. The fraction of sp³-hybridized carbons (Fsp3) is 0.440. The molecule has 0 saturated carbocycles. The number of esters is 1. The molecule has 8 heteroatoms. The van der Waals surface area contributed by atoms with Gasteiger partial charge in [-0.15, -0.1) is 22.7 Å². The van der Waals surface area contributed by atoms with E-state index in [1.165, 1.54) is 39.5 Å². The van der Waals surface area contributed by atoms with Gasteiger partial charge in [0.05, 0.1) is 23.3 Å². The lowest BCUT2D eigenvalue weighted by Crippen LogP contribution is -2.29. The summed E-state index contributed by atoms with van der Waals surface area (Å²) in [6.45, 7) is 2.54. The van der Waals surface area contributed by atoms with Gasteiger partial charge < -0.3 is 14.5 Å². The molecule has 174 valence electrons. The number of rotatable bonds is 6. The molecule has 0 aromatic carbocycles. The SMILES string of the molecule is CCOC(=O)c1c(NC(=O)NCc2c(-c3ccco3)sc3c2CCCC3)sc2c1CCCC2. The summed E-state index contributed by atoms with van der Waals surface area (Å²) in [6, 6.07) is 3.57. The number of thiophene rings is 2. The largest absolute Gasteiger partial charge is 0.464 e. The van der Waals surface area contributed by atoms with Crippen LogP contribution in [0.25, 0.3) is 10.6 Å². The molecular formula is C25H28N2O4S2. The van der Waals surface area contributed by atoms with Gasteiger partial charge in [0, 0.05) is 16.3 Å². The summed E-state index contributed by atoms with van der Waals surface area (Å²) in [6.07, 6.45) is 10.2. The Labute approximate surface area is 201 Å². The van der Waals surface area contributed by atoms with Crippen LogP contribution in [-0.4, -0.2) is 18.6 Å². The third-order valence-electron chi connectivity index (χ3n) is 6.33. The first-order chi connectivity index (χ1) is 16.2. The number of urea groups is 1. The van der Waals surface area contributed by atoms with Gasteiger partial charge in [0.1, 0.15) is 10.8 Å². The molecule has 3 aromatic rings. The molecule has 2 N–H and O–H groups in total. The van der Waals surface area contributed by atoms with Crippen molar-refractivity contribution in [3.63, 3.8) is 0 Å². The maximum absolute atomic E-state index is 12.9. The van der Waals surface area contributed by atoms with Crippen molar-refractivity contribution in [1.82, 2.24) is 5.32 Å². The highest BCUT2D eigenvalue weighted by molar-refractivity contribution is 7.17. The molecule has 0 aliphatic heterocycles. The third kappa shape index (κ3) is 4.46. The minimum atomic E-state index is -0.348. The molecule has 0 atom stereocenters. The van der Waals surface area contributed by atoms with E-state index < -0.39 is 0 Å². The number of hydrogen-bond acceptors (Lipinski definition) is 6. The Morgan fingerprint density at radius 1 is 1.03 bits per heavy atom. The van der Waals surface area contributed by atoms with Crippen LogP contribution < -0.4 is 10.6 Å². The average molecular weight is 485 g/mol. The van der Waals surface area contributed by atoms with Crippen LogP contribution in [-0.2, 0) is 37.0 Å². The molecule has 0 fully saturated rings. The van der Waals surface area contributed by atoms with Crippen LogP contribution in [0.2, 0.25) is 0 Å². The lowest BCUT2D eigenvalue weighted by Gasteiger charge is -2.14. The topological polar surface area (TPSA) is 80.6 Å². The standard InChI is InChI=1S/C25H28N2O4S2/c1-2-30-24(28)21-16-9-4-6-12-20(16)33-23(21)27-25(29)26-14-17-15-8-3-5-11-19(15)32-22(17)18-10-7-13-31-18/h7,10,13H,2-6,8-9,11-12,14H2,1H3,(H2,26,27,29). The van der Waals surface area contributed by atoms with Crippen molar-refractivity contribution < 1.29 is 18.7 Å².